The molecule has 1 saturated heterocycles. The first-order valence-corrected chi connectivity index (χ1v) is 11.3. The minimum absolute atomic E-state index is 0.696. The summed E-state index contributed by atoms with van der Waals surface area (Å²) in [5.74, 6) is 0. The van der Waals surface area contributed by atoms with Gasteiger partial charge in [-0.15, -0.1) is 0 Å². The molecule has 0 aromatic carbocycles. The van der Waals surface area contributed by atoms with E-state index in [1.165, 1.54) is 0 Å². The van der Waals surface area contributed by atoms with Gasteiger partial charge in [-0.25, -0.2) is 0 Å². The highest BCUT2D eigenvalue weighted by Crippen LogP contribution is 2.43. The smallest absolute Gasteiger partial charge is 0.384 e. The maximum absolute atomic E-state index is 5.96. The third-order valence-electron chi connectivity index (χ3n) is 2.87. The molecule has 1 aliphatic rings. The van der Waals surface area contributed by atoms with Gasteiger partial charge >= 0.3 is 16.2 Å². The van der Waals surface area contributed by atoms with Crippen LogP contribution < -0.4 is 0 Å². The standard InChI is InChI=1S/C10H24O4Si2/c1-5-11-15(12-6-2)9-10-16(15,13-7-3)14-8-4/h5-10H2,1-4H3. The molecular weight excluding hydrogens is 240 g/mol. The summed E-state index contributed by atoms with van der Waals surface area (Å²) >= 11 is 0. The highest BCUT2D eigenvalue weighted by atomic mass is 29.3. The Morgan fingerprint density at radius 2 is 0.875 bits per heavy atom. The van der Waals surface area contributed by atoms with Crippen LogP contribution in [0.5, 0.6) is 0 Å². The van der Waals surface area contributed by atoms with Gasteiger partial charge in [0, 0.05) is 26.4 Å². The summed E-state index contributed by atoms with van der Waals surface area (Å²) in [6.07, 6.45) is 0. The number of hydrogen-bond donors (Lipinski definition) is 0. The van der Waals surface area contributed by atoms with E-state index in [2.05, 4.69) is 0 Å². The number of rotatable bonds is 8. The molecule has 1 fully saturated rings. The zero-order valence-corrected chi connectivity index (χ0v) is 12.9. The van der Waals surface area contributed by atoms with Crippen LogP contribution in [0.4, 0.5) is 0 Å². The fraction of sp³-hybridized carbons (Fsp3) is 1.00. The van der Waals surface area contributed by atoms with Crippen molar-refractivity contribution in [1.29, 1.82) is 0 Å². The second-order valence-corrected chi connectivity index (χ2v) is 13.5. The molecule has 0 bridgehead atoms. The Hall–Kier alpha value is 0.274. The van der Waals surface area contributed by atoms with Crippen molar-refractivity contribution in [3.8, 4) is 0 Å². The molecule has 0 aliphatic carbocycles. The highest BCUT2D eigenvalue weighted by Gasteiger charge is 2.72. The highest BCUT2D eigenvalue weighted by molar-refractivity contribution is 7.36. The summed E-state index contributed by atoms with van der Waals surface area (Å²) in [7, 11) is -4.34. The van der Waals surface area contributed by atoms with E-state index in [0.717, 1.165) is 12.1 Å². The van der Waals surface area contributed by atoms with E-state index in [4.69, 9.17) is 17.7 Å². The maximum atomic E-state index is 5.96. The van der Waals surface area contributed by atoms with Crippen molar-refractivity contribution in [2.75, 3.05) is 26.4 Å². The molecule has 0 amide bonds. The molecule has 96 valence electrons. The first-order chi connectivity index (χ1) is 7.70. The Labute approximate surface area is 101 Å². The minimum Gasteiger partial charge on any atom is -0.394 e. The van der Waals surface area contributed by atoms with Crippen LogP contribution in [0.2, 0.25) is 12.1 Å². The lowest BCUT2D eigenvalue weighted by molar-refractivity contribution is 0.130. The monoisotopic (exact) mass is 264 g/mol. The average Bonchev–Trinajstić information content (AvgIpc) is 2.27. The van der Waals surface area contributed by atoms with Crippen LogP contribution in [0.1, 0.15) is 27.7 Å². The van der Waals surface area contributed by atoms with Crippen LogP contribution >= 0.6 is 0 Å². The zero-order chi connectivity index (χ0) is 12.1. The molecule has 0 radical (unpaired) electrons. The van der Waals surface area contributed by atoms with Gasteiger partial charge in [-0.2, -0.15) is 0 Å². The van der Waals surface area contributed by atoms with Crippen LogP contribution in [0.3, 0.4) is 0 Å². The van der Waals surface area contributed by atoms with Gasteiger partial charge in [0.15, 0.2) is 0 Å². The summed E-state index contributed by atoms with van der Waals surface area (Å²) < 4.78 is 23.8. The van der Waals surface area contributed by atoms with E-state index < -0.39 is 16.2 Å². The first kappa shape index (κ1) is 14.3. The van der Waals surface area contributed by atoms with Crippen LogP contribution in [0.25, 0.3) is 0 Å². The molecule has 0 N–H and O–H groups in total. The van der Waals surface area contributed by atoms with Crippen molar-refractivity contribution < 1.29 is 17.7 Å². The molecule has 0 spiro atoms. The molecule has 1 rings (SSSR count). The largest absolute Gasteiger partial charge is 0.394 e. The van der Waals surface area contributed by atoms with E-state index in [1.54, 1.807) is 0 Å². The molecule has 4 nitrogen and oxygen atoms in total. The van der Waals surface area contributed by atoms with E-state index >= 15 is 0 Å². The zero-order valence-electron chi connectivity index (χ0n) is 10.9. The van der Waals surface area contributed by atoms with Gasteiger partial charge in [-0.3, -0.25) is 0 Å². The van der Waals surface area contributed by atoms with Gasteiger partial charge in [0.2, 0.25) is 0 Å². The first-order valence-electron chi connectivity index (χ1n) is 6.26. The summed E-state index contributed by atoms with van der Waals surface area (Å²) in [6, 6.07) is 2.06. The van der Waals surface area contributed by atoms with Gasteiger partial charge in [0.25, 0.3) is 0 Å². The minimum atomic E-state index is -2.17. The molecular formula is C10H24O4Si2. The Morgan fingerprint density at radius 3 is 1.00 bits per heavy atom. The van der Waals surface area contributed by atoms with Crippen molar-refractivity contribution >= 4 is 16.2 Å². The summed E-state index contributed by atoms with van der Waals surface area (Å²) in [5, 5.41) is 0. The second kappa shape index (κ2) is 6.27. The Morgan fingerprint density at radius 1 is 0.625 bits per heavy atom. The lowest BCUT2D eigenvalue weighted by Gasteiger charge is -2.50. The second-order valence-electron chi connectivity index (χ2n) is 3.74. The van der Waals surface area contributed by atoms with Gasteiger partial charge in [-0.05, 0) is 39.8 Å². The van der Waals surface area contributed by atoms with Crippen LogP contribution in [0, 0.1) is 0 Å². The molecule has 6 heteroatoms. The topological polar surface area (TPSA) is 36.9 Å². The van der Waals surface area contributed by atoms with Gasteiger partial charge in [0.05, 0.1) is 0 Å². The Balaban J connectivity index is 2.80. The molecule has 0 aromatic heterocycles. The molecule has 1 aliphatic heterocycles. The van der Waals surface area contributed by atoms with Crippen molar-refractivity contribution in [3.05, 3.63) is 0 Å². The predicted octanol–water partition coefficient (Wildman–Crippen LogP) is 2.11. The maximum Gasteiger partial charge on any atom is 0.384 e. The Bertz CT molecular complexity index is 179. The SMILES string of the molecule is CCO[Si]1(OCC)CC[Si]1(OCC)OCC. The molecule has 0 unspecified atom stereocenters. The fourth-order valence-electron chi connectivity index (χ4n) is 2.28. The molecule has 1 heterocycles. The van der Waals surface area contributed by atoms with Gasteiger partial charge in [-0.1, -0.05) is 0 Å². The average molecular weight is 264 g/mol. The van der Waals surface area contributed by atoms with Crippen LogP contribution in [-0.2, 0) is 17.7 Å². The van der Waals surface area contributed by atoms with Crippen molar-refractivity contribution in [3.63, 3.8) is 0 Å². The lowest BCUT2D eigenvalue weighted by atomic mass is 10.9. The lowest BCUT2D eigenvalue weighted by Crippen LogP contribution is -2.77. The summed E-state index contributed by atoms with van der Waals surface area (Å²) in [5.41, 5.74) is 0. The molecule has 16 heavy (non-hydrogen) atoms. The summed E-state index contributed by atoms with van der Waals surface area (Å²) in [6.45, 7) is 10.9. The van der Waals surface area contributed by atoms with Crippen molar-refractivity contribution in [2.24, 2.45) is 0 Å². The van der Waals surface area contributed by atoms with Crippen molar-refractivity contribution in [1.82, 2.24) is 0 Å². The molecule has 0 aromatic rings. The quantitative estimate of drug-likeness (QED) is 0.629. The van der Waals surface area contributed by atoms with Gasteiger partial charge in [0.1, 0.15) is 0 Å². The third-order valence-corrected chi connectivity index (χ3v) is 16.1. The number of hydrogen-bond acceptors (Lipinski definition) is 4. The van der Waals surface area contributed by atoms with Crippen LogP contribution in [-0.4, -0.2) is 42.6 Å². The van der Waals surface area contributed by atoms with Crippen LogP contribution in [0.15, 0.2) is 0 Å². The van der Waals surface area contributed by atoms with Crippen molar-refractivity contribution in [2.45, 2.75) is 39.8 Å². The Kier molecular flexibility index (Phi) is 5.62. The van der Waals surface area contributed by atoms with E-state index in [-0.39, 0.29) is 0 Å². The molecule has 0 saturated carbocycles. The van der Waals surface area contributed by atoms with Gasteiger partial charge < -0.3 is 17.7 Å². The normalized spacial score (nSPS) is 21.8. The summed E-state index contributed by atoms with van der Waals surface area (Å²) in [4.78, 5) is 0. The van der Waals surface area contributed by atoms with E-state index in [1.807, 2.05) is 27.7 Å². The predicted molar refractivity (Wildman–Crippen MR) is 67.6 cm³/mol. The third kappa shape index (κ3) is 2.41. The molecule has 0 atom stereocenters. The fourth-order valence-corrected chi connectivity index (χ4v) is 14.4. The van der Waals surface area contributed by atoms with E-state index in [0.29, 0.717) is 26.4 Å². The van der Waals surface area contributed by atoms with E-state index in [9.17, 15) is 0 Å².